The number of rotatable bonds is 6. The van der Waals surface area contributed by atoms with Crippen LogP contribution in [-0.2, 0) is 6.54 Å². The predicted molar refractivity (Wildman–Crippen MR) is 154 cm³/mol. The van der Waals surface area contributed by atoms with E-state index in [0.717, 1.165) is 5.56 Å². The molecular formula is C30H22Cl3N3O2. The van der Waals surface area contributed by atoms with Crippen molar-refractivity contribution in [3.63, 3.8) is 0 Å². The van der Waals surface area contributed by atoms with Crippen molar-refractivity contribution in [2.24, 2.45) is 0 Å². The van der Waals surface area contributed by atoms with Crippen molar-refractivity contribution in [3.05, 3.63) is 139 Å². The minimum absolute atomic E-state index is 0.239. The molecule has 190 valence electrons. The molecule has 1 atom stereocenters. The van der Waals surface area contributed by atoms with Gasteiger partial charge in [-0.1, -0.05) is 77.3 Å². The number of carbonyl (C=O) groups is 1. The fourth-order valence-corrected chi connectivity index (χ4v) is 5.01. The molecule has 8 heteroatoms. The Kier molecular flexibility index (Phi) is 7.52. The van der Waals surface area contributed by atoms with Crippen LogP contribution in [0.4, 0.5) is 0 Å². The lowest BCUT2D eigenvalue weighted by Crippen LogP contribution is -2.37. The predicted octanol–water partition coefficient (Wildman–Crippen LogP) is 7.75. The monoisotopic (exact) mass is 561 g/mol. The van der Waals surface area contributed by atoms with E-state index in [4.69, 9.17) is 39.8 Å². The molecule has 4 aromatic carbocycles. The highest BCUT2D eigenvalue weighted by atomic mass is 35.5. The van der Waals surface area contributed by atoms with Gasteiger partial charge < -0.3 is 4.90 Å². The molecule has 1 heterocycles. The quantitative estimate of drug-likeness (QED) is 0.213. The summed E-state index contributed by atoms with van der Waals surface area (Å²) in [5.41, 5.74) is 2.12. The zero-order valence-corrected chi connectivity index (χ0v) is 22.6. The third-order valence-corrected chi connectivity index (χ3v) is 7.15. The number of para-hydroxylation sites is 1. The lowest BCUT2D eigenvalue weighted by molar-refractivity contribution is 0.0664. The van der Waals surface area contributed by atoms with Crippen molar-refractivity contribution in [1.82, 2.24) is 14.5 Å². The van der Waals surface area contributed by atoms with Crippen LogP contribution in [0.5, 0.6) is 0 Å². The molecule has 0 aliphatic rings. The van der Waals surface area contributed by atoms with Gasteiger partial charge >= 0.3 is 0 Å². The fourth-order valence-electron chi connectivity index (χ4n) is 4.39. The van der Waals surface area contributed by atoms with Gasteiger partial charge in [-0.15, -0.1) is 0 Å². The van der Waals surface area contributed by atoms with Crippen molar-refractivity contribution < 1.29 is 4.79 Å². The average molecular weight is 563 g/mol. The largest absolute Gasteiger partial charge is 0.324 e. The first-order valence-electron chi connectivity index (χ1n) is 11.9. The van der Waals surface area contributed by atoms with Gasteiger partial charge in [-0.25, -0.2) is 4.98 Å². The fraction of sp³-hybridized carbons (Fsp3) is 0.100. The zero-order valence-electron chi connectivity index (χ0n) is 20.3. The highest BCUT2D eigenvalue weighted by Gasteiger charge is 2.29. The van der Waals surface area contributed by atoms with Gasteiger partial charge in [-0.2, -0.15) is 0 Å². The summed E-state index contributed by atoms with van der Waals surface area (Å²) in [6.45, 7) is 2.12. The second kappa shape index (κ2) is 11.0. The minimum atomic E-state index is -0.623. The van der Waals surface area contributed by atoms with Crippen LogP contribution in [0.3, 0.4) is 0 Å². The molecule has 5 rings (SSSR count). The van der Waals surface area contributed by atoms with Gasteiger partial charge in [-0.05, 0) is 67.1 Å². The van der Waals surface area contributed by atoms with Crippen molar-refractivity contribution in [1.29, 1.82) is 0 Å². The first-order valence-corrected chi connectivity index (χ1v) is 13.0. The van der Waals surface area contributed by atoms with Gasteiger partial charge in [0, 0.05) is 16.6 Å². The molecule has 0 bridgehead atoms. The molecule has 0 aliphatic carbocycles. The van der Waals surface area contributed by atoms with Crippen LogP contribution in [-0.4, -0.2) is 20.4 Å². The SMILES string of the molecule is CC(c1nc2ccccc2c(=O)n1-c1ccc(Cl)cc1)N(Cc1ccccc1)C(=O)c1ccc(Cl)cc1Cl. The van der Waals surface area contributed by atoms with Crippen LogP contribution in [0.25, 0.3) is 16.6 Å². The standard InChI is InChI=1S/C30H22Cl3N3O2/c1-19(35(18-20-7-3-2-4-8-20)29(37)24-16-13-22(32)17-26(24)33)28-34-27-10-6-5-9-25(27)30(38)36(28)23-14-11-21(31)12-15-23/h2-17,19H,18H2,1H3. The molecule has 5 nitrogen and oxygen atoms in total. The highest BCUT2D eigenvalue weighted by Crippen LogP contribution is 2.29. The number of amides is 1. The topological polar surface area (TPSA) is 55.2 Å². The molecule has 0 spiro atoms. The summed E-state index contributed by atoms with van der Waals surface area (Å²) in [5.74, 6) is 0.0958. The first-order chi connectivity index (χ1) is 18.3. The Balaban J connectivity index is 1.71. The smallest absolute Gasteiger partial charge is 0.266 e. The number of aromatic nitrogens is 2. The summed E-state index contributed by atoms with van der Waals surface area (Å²) in [6, 6.07) is 27.9. The maximum absolute atomic E-state index is 14.0. The highest BCUT2D eigenvalue weighted by molar-refractivity contribution is 6.36. The molecule has 38 heavy (non-hydrogen) atoms. The lowest BCUT2D eigenvalue weighted by atomic mass is 10.1. The second-order valence-corrected chi connectivity index (χ2v) is 10.1. The van der Waals surface area contributed by atoms with Gasteiger partial charge in [0.1, 0.15) is 5.82 Å². The van der Waals surface area contributed by atoms with Crippen molar-refractivity contribution in [3.8, 4) is 5.69 Å². The van der Waals surface area contributed by atoms with Gasteiger partial charge in [0.2, 0.25) is 0 Å². The summed E-state index contributed by atoms with van der Waals surface area (Å²) in [6.07, 6.45) is 0. The average Bonchev–Trinajstić information content (AvgIpc) is 2.92. The maximum atomic E-state index is 14.0. The Morgan fingerprint density at radius 2 is 1.53 bits per heavy atom. The van der Waals surface area contributed by atoms with Gasteiger partial charge in [0.25, 0.3) is 11.5 Å². The summed E-state index contributed by atoms with van der Waals surface area (Å²) < 4.78 is 1.54. The number of halogens is 3. The number of fused-ring (bicyclic) bond motifs is 1. The van der Waals surface area contributed by atoms with Crippen LogP contribution < -0.4 is 5.56 Å². The summed E-state index contributed by atoms with van der Waals surface area (Å²) in [4.78, 5) is 34.4. The first kappa shape index (κ1) is 26.0. The van der Waals surface area contributed by atoms with E-state index in [2.05, 4.69) is 0 Å². The van der Waals surface area contributed by atoms with E-state index >= 15 is 0 Å². The number of nitrogens with zero attached hydrogens (tertiary/aromatic N) is 3. The van der Waals surface area contributed by atoms with E-state index in [9.17, 15) is 9.59 Å². The Hall–Kier alpha value is -3.64. The van der Waals surface area contributed by atoms with E-state index < -0.39 is 6.04 Å². The molecule has 0 fully saturated rings. The third kappa shape index (κ3) is 5.18. The molecule has 0 radical (unpaired) electrons. The zero-order chi connectivity index (χ0) is 26.8. The van der Waals surface area contributed by atoms with E-state index in [1.54, 1.807) is 65.6 Å². The molecular weight excluding hydrogens is 541 g/mol. The number of carbonyl (C=O) groups excluding carboxylic acids is 1. The van der Waals surface area contributed by atoms with Crippen LogP contribution in [0, 0.1) is 0 Å². The molecule has 1 unspecified atom stereocenters. The van der Waals surface area contributed by atoms with Gasteiger partial charge in [0.05, 0.1) is 33.2 Å². The normalized spacial score (nSPS) is 11.9. The minimum Gasteiger partial charge on any atom is -0.324 e. The number of hydrogen-bond acceptors (Lipinski definition) is 3. The van der Waals surface area contributed by atoms with Crippen LogP contribution in [0.2, 0.25) is 15.1 Å². The third-order valence-electron chi connectivity index (χ3n) is 6.35. The van der Waals surface area contributed by atoms with Crippen LogP contribution >= 0.6 is 34.8 Å². The second-order valence-electron chi connectivity index (χ2n) is 8.82. The van der Waals surface area contributed by atoms with Crippen LogP contribution in [0.15, 0.2) is 102 Å². The van der Waals surface area contributed by atoms with E-state index in [0.29, 0.717) is 38.0 Å². The molecule has 1 amide bonds. The maximum Gasteiger partial charge on any atom is 0.266 e. The summed E-state index contributed by atoms with van der Waals surface area (Å²) in [5, 5.41) is 1.69. The van der Waals surface area contributed by atoms with Crippen LogP contribution in [0.1, 0.15) is 34.7 Å². The Morgan fingerprint density at radius 1 is 0.868 bits per heavy atom. The lowest BCUT2D eigenvalue weighted by Gasteiger charge is -2.31. The van der Waals surface area contributed by atoms with Gasteiger partial charge in [0.15, 0.2) is 0 Å². The molecule has 0 aliphatic heterocycles. The summed E-state index contributed by atoms with van der Waals surface area (Å²) in [7, 11) is 0. The molecule has 0 saturated heterocycles. The van der Waals surface area contributed by atoms with E-state index in [1.165, 1.54) is 4.57 Å². The van der Waals surface area contributed by atoms with Crippen molar-refractivity contribution in [2.45, 2.75) is 19.5 Å². The summed E-state index contributed by atoms with van der Waals surface area (Å²) >= 11 is 18.7. The molecule has 1 aromatic heterocycles. The van der Waals surface area contributed by atoms with Crippen molar-refractivity contribution >= 4 is 51.6 Å². The van der Waals surface area contributed by atoms with Gasteiger partial charge in [-0.3, -0.25) is 14.2 Å². The Bertz CT molecular complexity index is 1690. The van der Waals surface area contributed by atoms with E-state index in [1.807, 2.05) is 43.3 Å². The molecule has 5 aromatic rings. The molecule has 0 saturated carbocycles. The number of benzene rings is 4. The molecule has 0 N–H and O–H groups in total. The van der Waals surface area contributed by atoms with Crippen molar-refractivity contribution in [2.75, 3.05) is 0 Å². The number of hydrogen-bond donors (Lipinski definition) is 0. The van der Waals surface area contributed by atoms with E-state index in [-0.39, 0.29) is 23.0 Å². The Morgan fingerprint density at radius 3 is 2.24 bits per heavy atom. The Labute approximate surface area is 234 Å².